The Bertz CT molecular complexity index is 1920. The van der Waals surface area contributed by atoms with E-state index in [1.54, 1.807) is 0 Å². The quantitative estimate of drug-likeness (QED) is 0.0222. The first-order valence-corrected chi connectivity index (χ1v) is 43.7. The zero-order valence-electron chi connectivity index (χ0n) is 64.4. The largest absolute Gasteiger partial charge is 0.472 e. The molecular formula is C79H154O17P2. The number of esters is 4. The van der Waals surface area contributed by atoms with E-state index in [9.17, 15) is 43.2 Å². The van der Waals surface area contributed by atoms with Crippen LogP contribution in [0.4, 0.5) is 0 Å². The normalized spacial score (nSPS) is 14.3. The van der Waals surface area contributed by atoms with Crippen LogP contribution < -0.4 is 0 Å². The van der Waals surface area contributed by atoms with Gasteiger partial charge >= 0.3 is 39.5 Å². The molecule has 0 fully saturated rings. The molecule has 3 N–H and O–H groups in total. The summed E-state index contributed by atoms with van der Waals surface area (Å²) in [5.41, 5.74) is 0. The first-order valence-electron chi connectivity index (χ1n) is 40.7. The van der Waals surface area contributed by atoms with Crippen molar-refractivity contribution in [2.45, 2.75) is 420 Å². The number of aliphatic hydroxyl groups excluding tert-OH is 1. The van der Waals surface area contributed by atoms with Crippen molar-refractivity contribution in [1.82, 2.24) is 0 Å². The van der Waals surface area contributed by atoms with Crippen LogP contribution in [-0.4, -0.2) is 96.7 Å². The Morgan fingerprint density at radius 1 is 0.286 bits per heavy atom. The van der Waals surface area contributed by atoms with Crippen molar-refractivity contribution in [2.75, 3.05) is 39.6 Å². The molecule has 17 nitrogen and oxygen atoms in total. The van der Waals surface area contributed by atoms with Crippen LogP contribution in [0.25, 0.3) is 0 Å². The molecule has 0 rings (SSSR count). The van der Waals surface area contributed by atoms with Crippen molar-refractivity contribution in [1.29, 1.82) is 0 Å². The van der Waals surface area contributed by atoms with Gasteiger partial charge in [0.1, 0.15) is 19.3 Å². The van der Waals surface area contributed by atoms with Crippen LogP contribution in [-0.2, 0) is 65.4 Å². The minimum absolute atomic E-state index is 0.105. The molecule has 0 aromatic heterocycles. The van der Waals surface area contributed by atoms with E-state index in [0.29, 0.717) is 31.6 Å². The number of hydrogen-bond donors (Lipinski definition) is 3. The highest BCUT2D eigenvalue weighted by Gasteiger charge is 2.30. The molecule has 0 saturated heterocycles. The Hall–Kier alpha value is -1.94. The average Bonchev–Trinajstić information content (AvgIpc) is 1.12. The maximum Gasteiger partial charge on any atom is 0.472 e. The lowest BCUT2D eigenvalue weighted by Gasteiger charge is -2.21. The number of rotatable bonds is 76. The first kappa shape index (κ1) is 96.1. The smallest absolute Gasteiger partial charge is 0.462 e. The summed E-state index contributed by atoms with van der Waals surface area (Å²) in [5, 5.41) is 10.6. The van der Waals surface area contributed by atoms with Crippen LogP contribution in [0.2, 0.25) is 0 Å². The summed E-state index contributed by atoms with van der Waals surface area (Å²) in [5.74, 6) is 0.990. The molecule has 6 atom stereocenters. The zero-order chi connectivity index (χ0) is 72.4. The number of carbonyl (C=O) groups is 4. The summed E-state index contributed by atoms with van der Waals surface area (Å²) >= 11 is 0. The number of phosphoric ester groups is 2. The van der Waals surface area contributed by atoms with Gasteiger partial charge in [0.2, 0.25) is 0 Å². The second kappa shape index (κ2) is 68.2. The highest BCUT2D eigenvalue weighted by molar-refractivity contribution is 7.47. The lowest BCUT2D eigenvalue weighted by Crippen LogP contribution is -2.30. The Kier molecular flexibility index (Phi) is 66.8. The number of aliphatic hydroxyl groups is 1. The van der Waals surface area contributed by atoms with Gasteiger partial charge in [0.15, 0.2) is 12.2 Å². The molecule has 0 radical (unpaired) electrons. The van der Waals surface area contributed by atoms with Gasteiger partial charge in [0.05, 0.1) is 26.4 Å². The van der Waals surface area contributed by atoms with Crippen molar-refractivity contribution in [3.8, 4) is 0 Å². The zero-order valence-corrected chi connectivity index (χ0v) is 66.2. The second-order valence-corrected chi connectivity index (χ2v) is 33.0. The minimum Gasteiger partial charge on any atom is -0.462 e. The van der Waals surface area contributed by atoms with E-state index in [1.807, 2.05) is 0 Å². The number of carbonyl (C=O) groups excluding carboxylic acids is 4. The lowest BCUT2D eigenvalue weighted by molar-refractivity contribution is -0.161. The van der Waals surface area contributed by atoms with Gasteiger partial charge in [-0.3, -0.25) is 37.3 Å². The summed E-state index contributed by atoms with van der Waals surface area (Å²) < 4.78 is 68.6. The number of hydrogen-bond acceptors (Lipinski definition) is 15. The maximum atomic E-state index is 13.1. The van der Waals surface area contributed by atoms with Crippen LogP contribution >= 0.6 is 15.6 Å². The van der Waals surface area contributed by atoms with E-state index >= 15 is 0 Å². The van der Waals surface area contributed by atoms with E-state index in [4.69, 9.17) is 37.0 Å². The van der Waals surface area contributed by atoms with E-state index in [-0.39, 0.29) is 25.7 Å². The number of phosphoric acid groups is 2. The lowest BCUT2D eigenvalue weighted by atomic mass is 9.99. The fourth-order valence-electron chi connectivity index (χ4n) is 12.0. The molecule has 0 bridgehead atoms. The Labute approximate surface area is 600 Å². The first-order chi connectivity index (χ1) is 47.1. The van der Waals surface area contributed by atoms with Crippen LogP contribution in [0.3, 0.4) is 0 Å². The molecule has 0 aliphatic heterocycles. The molecule has 0 heterocycles. The van der Waals surface area contributed by atoms with Gasteiger partial charge in [-0.1, -0.05) is 351 Å². The minimum atomic E-state index is -4.96. The van der Waals surface area contributed by atoms with Crippen molar-refractivity contribution in [3.63, 3.8) is 0 Å². The molecular weight excluding hydrogens is 1280 g/mol. The van der Waals surface area contributed by atoms with Gasteiger partial charge in [-0.05, 0) is 49.4 Å². The van der Waals surface area contributed by atoms with E-state index in [2.05, 4.69) is 55.4 Å². The third-order valence-corrected chi connectivity index (χ3v) is 20.6. The SMILES string of the molecule is CCC(C)CCCCCCCCCCCCCCCCC(=O)O[C@H](COC(=O)CCCCCCCCCCCCCCCC(C)C)COP(=O)(O)OCC(O)COP(=O)(O)OC[C@@H](COC(=O)CCCCCCCCCC(C)C)OC(=O)CCCCCCCCCCCCCC(C)C. The molecule has 0 aromatic rings. The predicted octanol–water partition coefficient (Wildman–Crippen LogP) is 23.2. The molecule has 4 unspecified atom stereocenters. The van der Waals surface area contributed by atoms with Crippen molar-refractivity contribution >= 4 is 39.5 Å². The Morgan fingerprint density at radius 2 is 0.490 bits per heavy atom. The van der Waals surface area contributed by atoms with E-state index in [1.165, 1.54) is 199 Å². The molecule has 0 spiro atoms. The monoisotopic (exact) mass is 1440 g/mol. The molecule has 582 valence electrons. The van der Waals surface area contributed by atoms with Crippen molar-refractivity contribution in [2.24, 2.45) is 23.7 Å². The van der Waals surface area contributed by atoms with Crippen molar-refractivity contribution < 1.29 is 80.2 Å². The van der Waals surface area contributed by atoms with Gasteiger partial charge in [-0.15, -0.1) is 0 Å². The topological polar surface area (TPSA) is 237 Å². The number of ether oxygens (including phenoxy) is 4. The third kappa shape index (κ3) is 71.1. The Morgan fingerprint density at radius 3 is 0.724 bits per heavy atom. The summed E-state index contributed by atoms with van der Waals surface area (Å²) in [4.78, 5) is 72.9. The highest BCUT2D eigenvalue weighted by atomic mass is 31.2. The van der Waals surface area contributed by atoms with Gasteiger partial charge in [-0.2, -0.15) is 0 Å². The van der Waals surface area contributed by atoms with E-state index in [0.717, 1.165) is 114 Å². The maximum absolute atomic E-state index is 13.1. The summed E-state index contributed by atoms with van der Waals surface area (Å²) in [6.07, 6.45) is 54.1. The van der Waals surface area contributed by atoms with Crippen LogP contribution in [0.1, 0.15) is 402 Å². The van der Waals surface area contributed by atoms with Crippen molar-refractivity contribution in [3.05, 3.63) is 0 Å². The fourth-order valence-corrected chi connectivity index (χ4v) is 13.6. The summed E-state index contributed by atoms with van der Waals surface area (Å²) in [6.45, 7) is 14.2. The third-order valence-electron chi connectivity index (χ3n) is 18.7. The van der Waals surface area contributed by atoms with Gasteiger partial charge in [0.25, 0.3) is 0 Å². The molecule has 0 aliphatic rings. The molecule has 0 aliphatic carbocycles. The summed E-state index contributed by atoms with van der Waals surface area (Å²) in [7, 11) is -9.92. The Balaban J connectivity index is 5.26. The molecule has 19 heteroatoms. The van der Waals surface area contributed by atoms with Gasteiger partial charge < -0.3 is 33.8 Å². The predicted molar refractivity (Wildman–Crippen MR) is 400 cm³/mol. The average molecular weight is 1440 g/mol. The van der Waals surface area contributed by atoms with Crippen LogP contribution in [0.15, 0.2) is 0 Å². The van der Waals surface area contributed by atoms with Crippen LogP contribution in [0, 0.1) is 23.7 Å². The van der Waals surface area contributed by atoms with Gasteiger partial charge in [-0.25, -0.2) is 9.13 Å². The molecule has 98 heavy (non-hydrogen) atoms. The summed E-state index contributed by atoms with van der Waals surface area (Å²) in [6, 6.07) is 0. The molecule has 0 amide bonds. The van der Waals surface area contributed by atoms with E-state index < -0.39 is 97.5 Å². The van der Waals surface area contributed by atoms with Gasteiger partial charge in [0, 0.05) is 25.7 Å². The highest BCUT2D eigenvalue weighted by Crippen LogP contribution is 2.45. The fraction of sp³-hybridized carbons (Fsp3) is 0.949. The van der Waals surface area contributed by atoms with Crippen LogP contribution in [0.5, 0.6) is 0 Å². The standard InChI is InChI=1S/C79H154O17P2/c1-9-72(8)58-50-42-34-26-20-14-10-11-15-22-28-36-45-53-61-78(83)95-74(65-89-76(81)59-51-43-35-27-21-16-12-13-18-24-31-39-47-55-69(2)3)67-93-97(85,86)91-63-73(80)64-92-98(87,88)94-68-75(66-90-77(82)60-52-44-38-30-33-41-49-57-71(6)7)96-79(84)62-54-46-37-29-23-17-19-25-32-40-48-56-70(4)5/h69-75,80H,9-68H2,1-8H3,(H,85,86)(H,87,88)/t72?,73?,74-,75-/m1/s1. The second-order valence-electron chi connectivity index (χ2n) is 30.1. The number of unbranched alkanes of at least 4 members (excludes halogenated alkanes) is 41. The molecule has 0 aromatic carbocycles. The molecule has 0 saturated carbocycles.